The number of rotatable bonds is 1. The molecule has 6 heteroatoms. The number of fused-ring (bicyclic) bond motifs is 4. The molecule has 24 heavy (non-hydrogen) atoms. The van der Waals surface area contributed by atoms with E-state index in [4.69, 9.17) is 10.7 Å². The van der Waals surface area contributed by atoms with Crippen molar-refractivity contribution >= 4 is 23.1 Å². The van der Waals surface area contributed by atoms with Gasteiger partial charge in [-0.05, 0) is 56.0 Å². The number of aromatic nitrogens is 2. The summed E-state index contributed by atoms with van der Waals surface area (Å²) in [5.41, 5.74) is 9.77. The summed E-state index contributed by atoms with van der Waals surface area (Å²) in [7, 11) is 0. The summed E-state index contributed by atoms with van der Waals surface area (Å²) in [6.07, 6.45) is 5.96. The van der Waals surface area contributed by atoms with E-state index in [1.165, 1.54) is 35.3 Å². The van der Waals surface area contributed by atoms with E-state index in [0.29, 0.717) is 12.0 Å². The molecule has 0 aromatic carbocycles. The highest BCUT2D eigenvalue weighted by atomic mass is 32.1. The van der Waals surface area contributed by atoms with Crippen LogP contribution in [0.4, 0.5) is 11.8 Å². The molecule has 1 aliphatic carbocycles. The number of nitrogens with one attached hydrogen (secondary N) is 1. The average Bonchev–Trinajstić information content (AvgIpc) is 3.18. The number of nitrogens with zero attached hydrogens (tertiary/aromatic N) is 3. The van der Waals surface area contributed by atoms with Crippen molar-refractivity contribution in [2.75, 3.05) is 30.3 Å². The highest BCUT2D eigenvalue weighted by Gasteiger charge is 2.36. The largest absolute Gasteiger partial charge is 0.368 e. The molecule has 0 spiro atoms. The van der Waals surface area contributed by atoms with Crippen LogP contribution in [0, 0.1) is 5.92 Å². The van der Waals surface area contributed by atoms with Crippen molar-refractivity contribution in [1.82, 2.24) is 15.3 Å². The van der Waals surface area contributed by atoms with E-state index in [-0.39, 0.29) is 0 Å². The first-order valence-electron chi connectivity index (χ1n) is 9.01. The highest BCUT2D eigenvalue weighted by Crippen LogP contribution is 2.39. The minimum atomic E-state index is 0.408. The predicted octanol–water partition coefficient (Wildman–Crippen LogP) is 2.46. The zero-order valence-corrected chi connectivity index (χ0v) is 14.6. The summed E-state index contributed by atoms with van der Waals surface area (Å²) in [5.74, 6) is 2.24. The fraction of sp³-hybridized carbons (Fsp3) is 0.556. The van der Waals surface area contributed by atoms with Crippen LogP contribution >= 0.6 is 11.3 Å². The number of anilines is 2. The molecule has 0 amide bonds. The molecule has 2 aliphatic heterocycles. The van der Waals surface area contributed by atoms with Crippen LogP contribution in [-0.2, 0) is 12.8 Å². The fourth-order valence-electron chi connectivity index (χ4n) is 4.59. The van der Waals surface area contributed by atoms with Crippen LogP contribution in [0.25, 0.3) is 11.3 Å². The number of nitrogens with two attached hydrogens (primary N) is 1. The third-order valence-corrected chi connectivity index (χ3v) is 6.71. The predicted molar refractivity (Wildman–Crippen MR) is 98.5 cm³/mol. The minimum absolute atomic E-state index is 0.408. The SMILES string of the molecule is Nc1nc2c(c(N3C[C@H]4CCCN[C@H]4C3)n1)CCCc1sccc1-2. The number of thiophene rings is 1. The molecule has 126 valence electrons. The van der Waals surface area contributed by atoms with Crippen molar-refractivity contribution in [1.29, 1.82) is 0 Å². The number of nitrogen functional groups attached to an aromatic ring is 1. The van der Waals surface area contributed by atoms with Crippen LogP contribution < -0.4 is 16.0 Å². The highest BCUT2D eigenvalue weighted by molar-refractivity contribution is 7.10. The lowest BCUT2D eigenvalue weighted by Gasteiger charge is -2.24. The van der Waals surface area contributed by atoms with Gasteiger partial charge in [-0.25, -0.2) is 4.98 Å². The van der Waals surface area contributed by atoms with Gasteiger partial charge in [-0.15, -0.1) is 11.3 Å². The molecule has 2 aromatic heterocycles. The Balaban J connectivity index is 1.58. The Bertz CT molecular complexity index is 757. The Morgan fingerprint density at radius 3 is 3.08 bits per heavy atom. The quantitative estimate of drug-likeness (QED) is 0.834. The molecule has 5 rings (SSSR count). The first kappa shape index (κ1) is 14.7. The average molecular weight is 341 g/mol. The van der Waals surface area contributed by atoms with E-state index in [1.54, 1.807) is 0 Å². The van der Waals surface area contributed by atoms with Gasteiger partial charge in [0.15, 0.2) is 0 Å². The van der Waals surface area contributed by atoms with Gasteiger partial charge >= 0.3 is 0 Å². The van der Waals surface area contributed by atoms with Gasteiger partial charge in [-0.3, -0.25) is 0 Å². The van der Waals surface area contributed by atoms with Gasteiger partial charge < -0.3 is 16.0 Å². The van der Waals surface area contributed by atoms with Crippen molar-refractivity contribution in [2.24, 2.45) is 5.92 Å². The van der Waals surface area contributed by atoms with Crippen molar-refractivity contribution in [3.8, 4) is 11.3 Å². The van der Waals surface area contributed by atoms with Crippen LogP contribution in [0.5, 0.6) is 0 Å². The van der Waals surface area contributed by atoms with Crippen LogP contribution in [-0.4, -0.2) is 35.6 Å². The maximum absolute atomic E-state index is 6.11. The monoisotopic (exact) mass is 341 g/mol. The van der Waals surface area contributed by atoms with Crippen LogP contribution in [0.3, 0.4) is 0 Å². The van der Waals surface area contributed by atoms with Gasteiger partial charge in [0.25, 0.3) is 0 Å². The normalized spacial score (nSPS) is 25.8. The maximum Gasteiger partial charge on any atom is 0.222 e. The van der Waals surface area contributed by atoms with E-state index in [2.05, 4.69) is 26.6 Å². The molecule has 2 fully saturated rings. The van der Waals surface area contributed by atoms with E-state index >= 15 is 0 Å². The lowest BCUT2D eigenvalue weighted by Crippen LogP contribution is -2.40. The molecule has 4 heterocycles. The molecule has 2 aromatic rings. The summed E-state index contributed by atoms with van der Waals surface area (Å²) in [6.45, 7) is 3.29. The second kappa shape index (κ2) is 5.70. The molecule has 0 unspecified atom stereocenters. The lowest BCUT2D eigenvalue weighted by atomic mass is 9.94. The molecular weight excluding hydrogens is 318 g/mol. The Morgan fingerprint density at radius 2 is 2.17 bits per heavy atom. The molecule has 3 aliphatic rings. The Kier molecular flexibility index (Phi) is 3.49. The van der Waals surface area contributed by atoms with E-state index in [9.17, 15) is 0 Å². The minimum Gasteiger partial charge on any atom is -0.368 e. The molecule has 2 atom stereocenters. The molecule has 5 nitrogen and oxygen atoms in total. The van der Waals surface area contributed by atoms with Crippen LogP contribution in [0.1, 0.15) is 29.7 Å². The third-order valence-electron chi connectivity index (χ3n) is 5.73. The molecular formula is C18H23N5S. The van der Waals surface area contributed by atoms with Crippen molar-refractivity contribution in [3.63, 3.8) is 0 Å². The zero-order valence-electron chi connectivity index (χ0n) is 13.8. The molecule has 2 saturated heterocycles. The maximum atomic E-state index is 6.11. The first-order valence-corrected chi connectivity index (χ1v) is 9.89. The second-order valence-corrected chi connectivity index (χ2v) is 8.21. The smallest absolute Gasteiger partial charge is 0.222 e. The van der Waals surface area contributed by atoms with Gasteiger partial charge in [-0.1, -0.05) is 0 Å². The molecule has 3 N–H and O–H groups in total. The van der Waals surface area contributed by atoms with Crippen molar-refractivity contribution < 1.29 is 0 Å². The summed E-state index contributed by atoms with van der Waals surface area (Å²) in [4.78, 5) is 13.2. The van der Waals surface area contributed by atoms with Crippen LogP contribution in [0.2, 0.25) is 0 Å². The fourth-order valence-corrected chi connectivity index (χ4v) is 5.52. The number of aryl methyl sites for hydroxylation is 1. The Labute approximate surface area is 146 Å². The zero-order chi connectivity index (χ0) is 16.1. The van der Waals surface area contributed by atoms with E-state index in [1.807, 2.05) is 11.3 Å². The number of hydrogen-bond donors (Lipinski definition) is 2. The topological polar surface area (TPSA) is 67.1 Å². The number of hydrogen-bond acceptors (Lipinski definition) is 6. The summed E-state index contributed by atoms with van der Waals surface area (Å²) < 4.78 is 0. The standard InChI is InChI=1S/C18H23N5S/c19-18-21-16-12-6-8-24-15(12)5-1-4-13(16)17(22-18)23-9-11-3-2-7-20-14(11)10-23/h6,8,11,14,20H,1-5,7,9-10H2,(H2,19,21,22)/t11-,14+/m1/s1. The summed E-state index contributed by atoms with van der Waals surface area (Å²) in [5, 5.41) is 5.86. The number of piperidine rings is 1. The summed E-state index contributed by atoms with van der Waals surface area (Å²) in [6, 6.07) is 2.80. The van der Waals surface area contributed by atoms with Gasteiger partial charge in [0.1, 0.15) is 5.82 Å². The Hall–Kier alpha value is -1.66. The van der Waals surface area contributed by atoms with Gasteiger partial charge in [0.05, 0.1) is 5.69 Å². The van der Waals surface area contributed by atoms with E-state index < -0.39 is 0 Å². The Morgan fingerprint density at radius 1 is 1.21 bits per heavy atom. The van der Waals surface area contributed by atoms with Gasteiger partial charge in [0, 0.05) is 35.1 Å². The lowest BCUT2D eigenvalue weighted by molar-refractivity contribution is 0.340. The molecule has 0 radical (unpaired) electrons. The molecule has 0 bridgehead atoms. The van der Waals surface area contributed by atoms with Crippen LogP contribution in [0.15, 0.2) is 11.4 Å². The third kappa shape index (κ3) is 2.31. The first-order chi connectivity index (χ1) is 11.8. The second-order valence-electron chi connectivity index (χ2n) is 7.21. The summed E-state index contributed by atoms with van der Waals surface area (Å²) >= 11 is 1.84. The van der Waals surface area contributed by atoms with Crippen molar-refractivity contribution in [3.05, 3.63) is 21.9 Å². The van der Waals surface area contributed by atoms with Gasteiger partial charge in [0.2, 0.25) is 5.95 Å². The molecule has 0 saturated carbocycles. The van der Waals surface area contributed by atoms with E-state index in [0.717, 1.165) is 49.9 Å². The van der Waals surface area contributed by atoms with Gasteiger partial charge in [-0.2, -0.15) is 4.98 Å². The van der Waals surface area contributed by atoms with Crippen molar-refractivity contribution in [2.45, 2.75) is 38.1 Å².